The molecule has 0 amide bonds. The molecule has 0 bridgehead atoms. The van der Waals surface area contributed by atoms with Crippen molar-refractivity contribution in [2.24, 2.45) is 5.73 Å². The van der Waals surface area contributed by atoms with Gasteiger partial charge >= 0.3 is 0 Å². The second-order valence-electron chi connectivity index (χ2n) is 4.43. The molecule has 1 unspecified atom stereocenters. The van der Waals surface area contributed by atoms with Gasteiger partial charge in [-0.3, -0.25) is 4.98 Å². The number of hydrogen-bond donors (Lipinski definition) is 1. The number of benzene rings is 1. The highest BCUT2D eigenvalue weighted by Crippen LogP contribution is 2.36. The molecule has 1 aliphatic rings. The van der Waals surface area contributed by atoms with Gasteiger partial charge < -0.3 is 10.5 Å². The lowest BCUT2D eigenvalue weighted by molar-refractivity contribution is 0.352. The van der Waals surface area contributed by atoms with Gasteiger partial charge in [-0.25, -0.2) is 0 Å². The van der Waals surface area contributed by atoms with Gasteiger partial charge in [0.25, 0.3) is 0 Å². The number of nitrogens with two attached hydrogens (primary N) is 1. The molecule has 1 aliphatic heterocycles. The zero-order valence-electron chi connectivity index (χ0n) is 10.1. The molecule has 0 aliphatic carbocycles. The monoisotopic (exact) mass is 382 g/mol. The fraction of sp³-hybridized carbons (Fsp3) is 0.214. The third-order valence-electron chi connectivity index (χ3n) is 3.21. The van der Waals surface area contributed by atoms with Gasteiger partial charge in [0.1, 0.15) is 5.75 Å². The summed E-state index contributed by atoms with van der Waals surface area (Å²) >= 11 is 6.91. The summed E-state index contributed by atoms with van der Waals surface area (Å²) in [5.74, 6) is 0.923. The molecule has 0 fully saturated rings. The summed E-state index contributed by atoms with van der Waals surface area (Å²) in [5, 5.41) is 0. The summed E-state index contributed by atoms with van der Waals surface area (Å²) in [6, 6.07) is 7.77. The van der Waals surface area contributed by atoms with E-state index in [1.165, 1.54) is 5.56 Å². The molecular formula is C14H12Br2N2O. The van der Waals surface area contributed by atoms with Crippen LogP contribution >= 0.6 is 31.9 Å². The van der Waals surface area contributed by atoms with Crippen LogP contribution in [0.2, 0.25) is 0 Å². The molecule has 1 atom stereocenters. The van der Waals surface area contributed by atoms with Crippen molar-refractivity contribution in [2.45, 2.75) is 12.5 Å². The van der Waals surface area contributed by atoms with Crippen LogP contribution in [0.3, 0.4) is 0 Å². The first-order valence-electron chi connectivity index (χ1n) is 5.98. The van der Waals surface area contributed by atoms with E-state index >= 15 is 0 Å². The third kappa shape index (κ3) is 2.42. The van der Waals surface area contributed by atoms with Crippen molar-refractivity contribution in [3.8, 4) is 5.75 Å². The normalized spacial score (nSPS) is 14.9. The maximum absolute atomic E-state index is 6.35. The van der Waals surface area contributed by atoms with Crippen LogP contribution in [0, 0.1) is 0 Å². The van der Waals surface area contributed by atoms with Crippen molar-refractivity contribution in [1.29, 1.82) is 0 Å². The molecule has 2 N–H and O–H groups in total. The number of halogens is 2. The van der Waals surface area contributed by atoms with E-state index in [-0.39, 0.29) is 6.04 Å². The predicted molar refractivity (Wildman–Crippen MR) is 81.3 cm³/mol. The Morgan fingerprint density at radius 2 is 2.16 bits per heavy atom. The minimum absolute atomic E-state index is 0.296. The zero-order chi connectivity index (χ0) is 13.4. The third-order valence-corrected chi connectivity index (χ3v) is 4.28. The SMILES string of the molecule is NC(c1cccc2c1OCC2)c1ncc(Br)cc1Br. The van der Waals surface area contributed by atoms with Crippen molar-refractivity contribution in [3.63, 3.8) is 0 Å². The van der Waals surface area contributed by atoms with Crippen molar-refractivity contribution < 1.29 is 4.74 Å². The number of rotatable bonds is 2. The molecule has 3 nitrogen and oxygen atoms in total. The van der Waals surface area contributed by atoms with E-state index < -0.39 is 0 Å². The number of para-hydroxylation sites is 1. The first-order valence-corrected chi connectivity index (χ1v) is 7.56. The van der Waals surface area contributed by atoms with E-state index in [2.05, 4.69) is 42.9 Å². The minimum atomic E-state index is -0.296. The highest BCUT2D eigenvalue weighted by molar-refractivity contribution is 9.11. The van der Waals surface area contributed by atoms with Crippen LogP contribution in [0.5, 0.6) is 5.75 Å². The maximum atomic E-state index is 6.35. The zero-order valence-corrected chi connectivity index (χ0v) is 13.2. The standard InChI is InChI=1S/C14H12Br2N2O/c15-9-6-11(16)13(18-7-9)12(17)10-3-1-2-8-4-5-19-14(8)10/h1-3,6-7,12H,4-5,17H2. The summed E-state index contributed by atoms with van der Waals surface area (Å²) in [4.78, 5) is 4.41. The molecule has 0 radical (unpaired) electrons. The van der Waals surface area contributed by atoms with Crippen LogP contribution in [0.25, 0.3) is 0 Å². The van der Waals surface area contributed by atoms with Crippen LogP contribution < -0.4 is 10.5 Å². The Hall–Kier alpha value is -0.910. The van der Waals surface area contributed by atoms with E-state index in [1.54, 1.807) is 6.20 Å². The van der Waals surface area contributed by atoms with Gasteiger partial charge in [0.2, 0.25) is 0 Å². The van der Waals surface area contributed by atoms with Gasteiger partial charge in [-0.15, -0.1) is 0 Å². The number of pyridine rings is 1. The highest BCUT2D eigenvalue weighted by atomic mass is 79.9. The van der Waals surface area contributed by atoms with Crippen LogP contribution in [-0.2, 0) is 6.42 Å². The average Bonchev–Trinajstić information content (AvgIpc) is 2.86. The van der Waals surface area contributed by atoms with Crippen molar-refractivity contribution >= 4 is 31.9 Å². The van der Waals surface area contributed by atoms with Crippen molar-refractivity contribution in [1.82, 2.24) is 4.98 Å². The Kier molecular flexibility index (Phi) is 3.60. The van der Waals surface area contributed by atoms with Crippen molar-refractivity contribution in [2.75, 3.05) is 6.61 Å². The first kappa shape index (κ1) is 13.1. The summed E-state index contributed by atoms with van der Waals surface area (Å²) in [7, 11) is 0. The summed E-state index contributed by atoms with van der Waals surface area (Å²) in [5.41, 5.74) is 9.38. The van der Waals surface area contributed by atoms with Crippen LogP contribution in [-0.4, -0.2) is 11.6 Å². The van der Waals surface area contributed by atoms with E-state index in [0.717, 1.165) is 39.0 Å². The van der Waals surface area contributed by atoms with E-state index in [0.29, 0.717) is 0 Å². The topological polar surface area (TPSA) is 48.1 Å². The molecule has 1 aromatic heterocycles. The molecular weight excluding hydrogens is 372 g/mol. The minimum Gasteiger partial charge on any atom is -0.493 e. The maximum Gasteiger partial charge on any atom is 0.127 e. The van der Waals surface area contributed by atoms with Gasteiger partial charge in [-0.2, -0.15) is 0 Å². The lowest BCUT2D eigenvalue weighted by Gasteiger charge is -2.16. The lowest BCUT2D eigenvalue weighted by Crippen LogP contribution is -2.15. The van der Waals surface area contributed by atoms with Crippen LogP contribution in [0.15, 0.2) is 39.4 Å². The fourth-order valence-electron chi connectivity index (χ4n) is 2.29. The smallest absolute Gasteiger partial charge is 0.127 e. The quantitative estimate of drug-likeness (QED) is 0.861. The van der Waals surface area contributed by atoms with Gasteiger partial charge in [-0.1, -0.05) is 18.2 Å². The second-order valence-corrected chi connectivity index (χ2v) is 6.20. The van der Waals surface area contributed by atoms with Crippen molar-refractivity contribution in [3.05, 3.63) is 56.2 Å². The molecule has 0 spiro atoms. The summed E-state index contributed by atoms with van der Waals surface area (Å²) in [6.07, 6.45) is 2.70. The molecule has 3 rings (SSSR count). The molecule has 19 heavy (non-hydrogen) atoms. The van der Waals surface area contributed by atoms with Crippen LogP contribution in [0.4, 0.5) is 0 Å². The van der Waals surface area contributed by atoms with Crippen LogP contribution in [0.1, 0.15) is 22.9 Å². The largest absolute Gasteiger partial charge is 0.493 e. The number of fused-ring (bicyclic) bond motifs is 1. The number of aromatic nitrogens is 1. The molecule has 2 aromatic rings. The van der Waals surface area contributed by atoms with Gasteiger partial charge in [0, 0.05) is 27.1 Å². The molecule has 0 saturated carbocycles. The Labute approximate surface area is 128 Å². The molecule has 98 valence electrons. The Morgan fingerprint density at radius 1 is 1.32 bits per heavy atom. The van der Waals surface area contributed by atoms with Gasteiger partial charge in [0.05, 0.1) is 18.3 Å². The predicted octanol–water partition coefficient (Wildman–Crippen LogP) is 3.59. The Balaban J connectivity index is 2.05. The Bertz CT molecular complexity index is 631. The molecule has 1 aromatic carbocycles. The number of nitrogens with zero attached hydrogens (tertiary/aromatic N) is 1. The van der Waals surface area contributed by atoms with Gasteiger partial charge in [0.15, 0.2) is 0 Å². The van der Waals surface area contributed by atoms with E-state index in [4.69, 9.17) is 10.5 Å². The number of ether oxygens (including phenoxy) is 1. The fourth-order valence-corrected chi connectivity index (χ4v) is 3.52. The van der Waals surface area contributed by atoms with E-state index in [1.807, 2.05) is 18.2 Å². The first-order chi connectivity index (χ1) is 9.16. The highest BCUT2D eigenvalue weighted by Gasteiger charge is 2.23. The van der Waals surface area contributed by atoms with Gasteiger partial charge in [-0.05, 0) is 43.5 Å². The molecule has 0 saturated heterocycles. The second kappa shape index (κ2) is 5.23. The van der Waals surface area contributed by atoms with E-state index in [9.17, 15) is 0 Å². The summed E-state index contributed by atoms with van der Waals surface area (Å²) < 4.78 is 7.52. The molecule has 2 heterocycles. The summed E-state index contributed by atoms with van der Waals surface area (Å²) in [6.45, 7) is 0.730. The molecule has 5 heteroatoms. The average molecular weight is 384 g/mol. The lowest BCUT2D eigenvalue weighted by atomic mass is 10.00. The number of hydrogen-bond acceptors (Lipinski definition) is 3. The Morgan fingerprint density at radius 3 is 2.95 bits per heavy atom.